The molecule has 0 radical (unpaired) electrons. The van der Waals surface area contributed by atoms with Crippen LogP contribution in [0.1, 0.15) is 79.2 Å². The molecule has 1 aliphatic carbocycles. The van der Waals surface area contributed by atoms with Crippen LogP contribution >= 0.6 is 0 Å². The Morgan fingerprint density at radius 3 is 2.69 bits per heavy atom. The van der Waals surface area contributed by atoms with Gasteiger partial charge < -0.3 is 14.6 Å². The number of rotatable bonds is 6. The van der Waals surface area contributed by atoms with Gasteiger partial charge in [0.25, 0.3) is 5.91 Å². The number of H-pyrrole nitrogens is 1. The van der Waals surface area contributed by atoms with Crippen molar-refractivity contribution < 1.29 is 14.0 Å². The van der Waals surface area contributed by atoms with Gasteiger partial charge >= 0.3 is 0 Å². The van der Waals surface area contributed by atoms with Crippen molar-refractivity contribution >= 4 is 11.8 Å². The number of aromatic nitrogens is 2. The molecule has 2 amide bonds. The van der Waals surface area contributed by atoms with Gasteiger partial charge in [-0.15, -0.1) is 0 Å². The van der Waals surface area contributed by atoms with Crippen molar-refractivity contribution in [1.29, 1.82) is 0 Å². The minimum absolute atomic E-state index is 0.219. The molecular weight excluding hydrogens is 368 g/mol. The number of carbonyl (C=O) groups is 2. The minimum Gasteiger partial charge on any atom is -0.467 e. The molecule has 0 spiro atoms. The lowest BCUT2D eigenvalue weighted by atomic mass is 9.86. The average Bonchev–Trinajstić information content (AvgIpc) is 3.45. The number of piperidine rings is 1. The van der Waals surface area contributed by atoms with E-state index in [1.54, 1.807) is 12.3 Å². The number of hydrogen-bond donors (Lipinski definition) is 2. The predicted molar refractivity (Wildman–Crippen MR) is 108 cm³/mol. The van der Waals surface area contributed by atoms with Crippen LogP contribution in [-0.4, -0.2) is 40.0 Å². The zero-order chi connectivity index (χ0) is 20.1. The fourth-order valence-corrected chi connectivity index (χ4v) is 4.54. The molecule has 2 fully saturated rings. The highest BCUT2D eigenvalue weighted by Gasteiger charge is 2.27. The Morgan fingerprint density at radius 1 is 1.17 bits per heavy atom. The summed E-state index contributed by atoms with van der Waals surface area (Å²) in [6.45, 7) is 1.92. The molecule has 4 rings (SSSR count). The lowest BCUT2D eigenvalue weighted by Crippen LogP contribution is -2.38. The molecule has 0 aromatic carbocycles. The van der Waals surface area contributed by atoms with E-state index in [0.717, 1.165) is 31.6 Å². The summed E-state index contributed by atoms with van der Waals surface area (Å²) in [6, 6.07) is 5.45. The molecule has 0 bridgehead atoms. The van der Waals surface area contributed by atoms with E-state index in [9.17, 15) is 9.59 Å². The number of furan rings is 1. The van der Waals surface area contributed by atoms with Gasteiger partial charge in [0.1, 0.15) is 11.5 Å². The van der Waals surface area contributed by atoms with Gasteiger partial charge in [0, 0.05) is 31.1 Å². The predicted octanol–water partition coefficient (Wildman–Crippen LogP) is 3.61. The molecule has 1 saturated carbocycles. The maximum Gasteiger partial charge on any atom is 0.272 e. The van der Waals surface area contributed by atoms with Gasteiger partial charge in [-0.05, 0) is 49.8 Å². The molecule has 2 aromatic heterocycles. The quantitative estimate of drug-likeness (QED) is 0.778. The van der Waals surface area contributed by atoms with Crippen LogP contribution in [0.2, 0.25) is 0 Å². The van der Waals surface area contributed by atoms with Crippen LogP contribution in [-0.2, 0) is 11.3 Å². The van der Waals surface area contributed by atoms with Gasteiger partial charge in [-0.25, -0.2) is 0 Å². The minimum atomic E-state index is -0.219. The van der Waals surface area contributed by atoms with Crippen molar-refractivity contribution in [2.24, 2.45) is 5.92 Å². The summed E-state index contributed by atoms with van der Waals surface area (Å²) < 4.78 is 5.22. The third kappa shape index (κ3) is 5.08. The van der Waals surface area contributed by atoms with Crippen LogP contribution < -0.4 is 5.32 Å². The standard InChI is InChI=1S/C22H30N4O3/c27-21(13-16-5-2-1-3-6-16)26-10-8-17(9-11-26)19-14-20(25-24-19)22(28)23-15-18-7-4-12-29-18/h4,7,12,14,16-17H,1-3,5-6,8-11,13,15H2,(H,23,28)(H,24,25). The third-order valence-corrected chi connectivity index (χ3v) is 6.31. The number of nitrogens with zero attached hydrogens (tertiary/aromatic N) is 2. The van der Waals surface area contributed by atoms with Crippen molar-refractivity contribution in [1.82, 2.24) is 20.4 Å². The largest absolute Gasteiger partial charge is 0.467 e. The topological polar surface area (TPSA) is 91.2 Å². The second-order valence-electron chi connectivity index (χ2n) is 8.33. The first-order valence-corrected chi connectivity index (χ1v) is 10.8. The van der Waals surface area contributed by atoms with Crippen LogP contribution in [0.3, 0.4) is 0 Å². The second kappa shape index (κ2) is 9.29. The van der Waals surface area contributed by atoms with E-state index in [0.29, 0.717) is 42.2 Å². The molecule has 1 aliphatic heterocycles. The normalized spacial score (nSPS) is 18.7. The van der Waals surface area contributed by atoms with Crippen LogP contribution in [0.25, 0.3) is 0 Å². The molecule has 7 heteroatoms. The van der Waals surface area contributed by atoms with Gasteiger partial charge in [0.15, 0.2) is 0 Å². The molecule has 156 valence electrons. The Labute approximate surface area is 171 Å². The number of carbonyl (C=O) groups excluding carboxylic acids is 2. The van der Waals surface area contributed by atoms with E-state index < -0.39 is 0 Å². The van der Waals surface area contributed by atoms with Crippen molar-refractivity contribution in [3.8, 4) is 0 Å². The van der Waals surface area contributed by atoms with E-state index >= 15 is 0 Å². The van der Waals surface area contributed by atoms with Crippen LogP contribution in [0, 0.1) is 5.92 Å². The van der Waals surface area contributed by atoms with E-state index in [1.807, 2.05) is 17.0 Å². The lowest BCUT2D eigenvalue weighted by molar-refractivity contribution is -0.133. The molecule has 3 heterocycles. The van der Waals surface area contributed by atoms with Gasteiger partial charge in [0.05, 0.1) is 12.8 Å². The first-order chi connectivity index (χ1) is 14.2. The van der Waals surface area contributed by atoms with E-state index in [4.69, 9.17) is 4.42 Å². The zero-order valence-electron chi connectivity index (χ0n) is 16.9. The summed E-state index contributed by atoms with van der Waals surface area (Å²) >= 11 is 0. The summed E-state index contributed by atoms with van der Waals surface area (Å²) in [5.74, 6) is 1.71. The SMILES string of the molecule is O=C(NCc1ccco1)c1cc(C2CCN(C(=O)CC3CCCCC3)CC2)[nH]n1. The first-order valence-electron chi connectivity index (χ1n) is 10.8. The molecule has 29 heavy (non-hydrogen) atoms. The van der Waals surface area contributed by atoms with Gasteiger partial charge in [-0.2, -0.15) is 5.10 Å². The van der Waals surface area contributed by atoms with Crippen molar-refractivity contribution in [3.05, 3.63) is 41.6 Å². The highest BCUT2D eigenvalue weighted by molar-refractivity contribution is 5.92. The van der Waals surface area contributed by atoms with Crippen molar-refractivity contribution in [2.45, 2.75) is 63.8 Å². The van der Waals surface area contributed by atoms with Crippen molar-refractivity contribution in [2.75, 3.05) is 13.1 Å². The third-order valence-electron chi connectivity index (χ3n) is 6.31. The van der Waals surface area contributed by atoms with E-state index in [2.05, 4.69) is 15.5 Å². The highest BCUT2D eigenvalue weighted by atomic mass is 16.3. The molecule has 2 N–H and O–H groups in total. The lowest BCUT2D eigenvalue weighted by Gasteiger charge is -2.33. The van der Waals surface area contributed by atoms with Crippen LogP contribution in [0.15, 0.2) is 28.9 Å². The smallest absolute Gasteiger partial charge is 0.272 e. The Hall–Kier alpha value is -2.57. The monoisotopic (exact) mass is 398 g/mol. The number of hydrogen-bond acceptors (Lipinski definition) is 4. The Kier molecular flexibility index (Phi) is 6.32. The number of likely N-dealkylation sites (tertiary alicyclic amines) is 1. The van der Waals surface area contributed by atoms with Gasteiger partial charge in [-0.1, -0.05) is 19.3 Å². The maximum atomic E-state index is 12.6. The summed E-state index contributed by atoms with van der Waals surface area (Å²) in [5.41, 5.74) is 1.37. The second-order valence-corrected chi connectivity index (χ2v) is 8.33. The Morgan fingerprint density at radius 2 is 1.97 bits per heavy atom. The zero-order valence-corrected chi connectivity index (χ0v) is 16.9. The van der Waals surface area contributed by atoms with Gasteiger partial charge in [0.2, 0.25) is 5.91 Å². The number of amides is 2. The molecular formula is C22H30N4O3. The fourth-order valence-electron chi connectivity index (χ4n) is 4.54. The van der Waals surface area contributed by atoms with Gasteiger partial charge in [-0.3, -0.25) is 14.7 Å². The molecule has 2 aliphatic rings. The van der Waals surface area contributed by atoms with E-state index in [1.165, 1.54) is 32.1 Å². The fraction of sp³-hybridized carbons (Fsp3) is 0.591. The molecule has 7 nitrogen and oxygen atoms in total. The summed E-state index contributed by atoms with van der Waals surface area (Å²) in [5, 5.41) is 10.0. The first kappa shape index (κ1) is 19.7. The number of nitrogens with one attached hydrogen (secondary N) is 2. The molecule has 2 aromatic rings. The highest BCUT2D eigenvalue weighted by Crippen LogP contribution is 2.30. The molecule has 0 unspecified atom stereocenters. The average molecular weight is 399 g/mol. The Bertz CT molecular complexity index is 800. The van der Waals surface area contributed by atoms with Crippen LogP contribution in [0.5, 0.6) is 0 Å². The summed E-state index contributed by atoms with van der Waals surface area (Å²) in [4.78, 5) is 26.9. The Balaban J connectivity index is 1.24. The van der Waals surface area contributed by atoms with Crippen LogP contribution in [0.4, 0.5) is 0 Å². The molecule has 0 atom stereocenters. The maximum absolute atomic E-state index is 12.6. The summed E-state index contributed by atoms with van der Waals surface area (Å²) in [6.07, 6.45) is 10.4. The number of aromatic amines is 1. The summed E-state index contributed by atoms with van der Waals surface area (Å²) in [7, 11) is 0. The molecule has 1 saturated heterocycles. The van der Waals surface area contributed by atoms with E-state index in [-0.39, 0.29) is 5.91 Å². The van der Waals surface area contributed by atoms with Crippen molar-refractivity contribution in [3.63, 3.8) is 0 Å².